The Morgan fingerprint density at radius 1 is 0.929 bits per heavy atom. The maximum absolute atomic E-state index is 12.2. The Morgan fingerprint density at radius 3 is 2.32 bits per heavy atom. The monoisotopic (exact) mass is 438 g/mol. The van der Waals surface area contributed by atoms with E-state index < -0.39 is 0 Å². The molecular formula is C22H19BrN2O3. The molecule has 0 radical (unpaired) electrons. The lowest BCUT2D eigenvalue weighted by atomic mass is 10.1. The predicted octanol–water partition coefficient (Wildman–Crippen LogP) is 4.97. The van der Waals surface area contributed by atoms with Crippen LogP contribution in [0.4, 0.5) is 11.4 Å². The van der Waals surface area contributed by atoms with E-state index in [0.717, 1.165) is 33.8 Å². The molecule has 1 saturated carbocycles. The van der Waals surface area contributed by atoms with Crippen molar-refractivity contribution in [2.24, 2.45) is 5.92 Å². The number of carbonyl (C=O) groups is 2. The highest BCUT2D eigenvalue weighted by molar-refractivity contribution is 9.10. The predicted molar refractivity (Wildman–Crippen MR) is 114 cm³/mol. The van der Waals surface area contributed by atoms with Crippen LogP contribution >= 0.6 is 15.9 Å². The van der Waals surface area contributed by atoms with Crippen LogP contribution in [-0.2, 0) is 9.59 Å². The lowest BCUT2D eigenvalue weighted by Crippen LogP contribution is -2.20. The van der Waals surface area contributed by atoms with Crippen molar-refractivity contribution in [3.05, 3.63) is 65.1 Å². The summed E-state index contributed by atoms with van der Waals surface area (Å²) in [4.78, 5) is 24.0. The van der Waals surface area contributed by atoms with E-state index in [-0.39, 0.29) is 24.3 Å². The van der Waals surface area contributed by atoms with Gasteiger partial charge in [-0.2, -0.15) is 0 Å². The average Bonchev–Trinajstić information content (AvgIpc) is 3.55. The van der Waals surface area contributed by atoms with Gasteiger partial charge in [-0.1, -0.05) is 30.3 Å². The summed E-state index contributed by atoms with van der Waals surface area (Å²) in [6.45, 7) is -0.100. The molecule has 4 rings (SSSR count). The van der Waals surface area contributed by atoms with Crippen LogP contribution in [0.2, 0.25) is 0 Å². The van der Waals surface area contributed by atoms with Crippen LogP contribution in [0, 0.1) is 5.92 Å². The van der Waals surface area contributed by atoms with E-state index >= 15 is 0 Å². The first kappa shape index (κ1) is 18.5. The molecule has 2 N–H and O–H groups in total. The number of rotatable bonds is 6. The molecule has 0 spiro atoms. The van der Waals surface area contributed by atoms with E-state index in [2.05, 4.69) is 26.6 Å². The largest absolute Gasteiger partial charge is 0.483 e. The van der Waals surface area contributed by atoms with Gasteiger partial charge in [-0.05, 0) is 69.9 Å². The summed E-state index contributed by atoms with van der Waals surface area (Å²) in [5.74, 6) is 0.582. The first-order valence-corrected chi connectivity index (χ1v) is 9.90. The van der Waals surface area contributed by atoms with E-state index in [1.807, 2.05) is 36.4 Å². The molecule has 1 fully saturated rings. The number of nitrogens with one attached hydrogen (secondary N) is 2. The van der Waals surface area contributed by atoms with Crippen molar-refractivity contribution in [2.75, 3.05) is 17.2 Å². The maximum atomic E-state index is 12.2. The number of carbonyl (C=O) groups excluding carboxylic acids is 2. The van der Waals surface area contributed by atoms with E-state index in [1.54, 1.807) is 24.3 Å². The number of benzene rings is 3. The summed E-state index contributed by atoms with van der Waals surface area (Å²) in [6.07, 6.45) is 1.93. The van der Waals surface area contributed by atoms with Gasteiger partial charge in [-0.3, -0.25) is 9.59 Å². The van der Waals surface area contributed by atoms with Gasteiger partial charge in [0, 0.05) is 17.3 Å². The van der Waals surface area contributed by atoms with Crippen molar-refractivity contribution < 1.29 is 14.3 Å². The fraction of sp³-hybridized carbons (Fsp3) is 0.182. The van der Waals surface area contributed by atoms with Crippen molar-refractivity contribution in [1.82, 2.24) is 0 Å². The molecule has 3 aromatic carbocycles. The van der Waals surface area contributed by atoms with Gasteiger partial charge in [0.2, 0.25) is 5.91 Å². The van der Waals surface area contributed by atoms with Crippen molar-refractivity contribution >= 4 is 49.9 Å². The number of amides is 2. The summed E-state index contributed by atoms with van der Waals surface area (Å²) < 4.78 is 6.50. The molecule has 1 aliphatic carbocycles. The highest BCUT2D eigenvalue weighted by Gasteiger charge is 2.29. The molecule has 0 bridgehead atoms. The molecule has 0 aromatic heterocycles. The molecule has 28 heavy (non-hydrogen) atoms. The first-order valence-electron chi connectivity index (χ1n) is 9.11. The molecule has 0 atom stereocenters. The SMILES string of the molecule is O=C(COc1ccc2ccccc2c1Br)Nc1ccc(NC(=O)C2CC2)cc1. The first-order chi connectivity index (χ1) is 13.6. The molecule has 0 heterocycles. The fourth-order valence-electron chi connectivity index (χ4n) is 2.89. The fourth-order valence-corrected chi connectivity index (χ4v) is 3.50. The van der Waals surface area contributed by atoms with E-state index in [9.17, 15) is 9.59 Å². The van der Waals surface area contributed by atoms with Gasteiger partial charge >= 0.3 is 0 Å². The van der Waals surface area contributed by atoms with E-state index in [0.29, 0.717) is 11.4 Å². The standard InChI is InChI=1S/C22H19BrN2O3/c23-21-18-4-2-1-3-14(18)7-12-19(21)28-13-20(26)24-16-8-10-17(11-9-16)25-22(27)15-5-6-15/h1-4,7-12,15H,5-6,13H2,(H,24,26)(H,25,27). The van der Waals surface area contributed by atoms with Gasteiger partial charge in [-0.25, -0.2) is 0 Å². The van der Waals surface area contributed by atoms with Crippen LogP contribution in [0.25, 0.3) is 10.8 Å². The van der Waals surface area contributed by atoms with Crippen LogP contribution in [0.15, 0.2) is 65.1 Å². The smallest absolute Gasteiger partial charge is 0.262 e. The molecular weight excluding hydrogens is 420 g/mol. The van der Waals surface area contributed by atoms with Crippen molar-refractivity contribution in [1.29, 1.82) is 0 Å². The highest BCUT2D eigenvalue weighted by atomic mass is 79.9. The third-order valence-electron chi connectivity index (χ3n) is 4.57. The van der Waals surface area contributed by atoms with Gasteiger partial charge < -0.3 is 15.4 Å². The second-order valence-electron chi connectivity index (χ2n) is 6.78. The zero-order valence-electron chi connectivity index (χ0n) is 15.1. The Morgan fingerprint density at radius 2 is 1.61 bits per heavy atom. The molecule has 2 amide bonds. The molecule has 142 valence electrons. The highest BCUT2D eigenvalue weighted by Crippen LogP contribution is 2.33. The van der Waals surface area contributed by atoms with Crippen molar-refractivity contribution in [3.8, 4) is 5.75 Å². The van der Waals surface area contributed by atoms with Crippen LogP contribution in [-0.4, -0.2) is 18.4 Å². The van der Waals surface area contributed by atoms with E-state index in [1.165, 1.54) is 0 Å². The molecule has 3 aromatic rings. The van der Waals surface area contributed by atoms with Gasteiger partial charge in [0.25, 0.3) is 5.91 Å². The topological polar surface area (TPSA) is 67.4 Å². The lowest BCUT2D eigenvalue weighted by Gasteiger charge is -2.11. The normalized spacial score (nSPS) is 13.2. The minimum Gasteiger partial charge on any atom is -0.483 e. The van der Waals surface area contributed by atoms with Gasteiger partial charge in [0.1, 0.15) is 5.75 Å². The van der Waals surface area contributed by atoms with Crippen LogP contribution in [0.3, 0.4) is 0 Å². The maximum Gasteiger partial charge on any atom is 0.262 e. The number of ether oxygens (including phenoxy) is 1. The number of anilines is 2. The van der Waals surface area contributed by atoms with E-state index in [4.69, 9.17) is 4.74 Å². The minimum absolute atomic E-state index is 0.0612. The molecule has 5 nitrogen and oxygen atoms in total. The molecule has 0 saturated heterocycles. The number of fused-ring (bicyclic) bond motifs is 1. The molecule has 1 aliphatic rings. The summed E-state index contributed by atoms with van der Waals surface area (Å²) in [5, 5.41) is 7.79. The van der Waals surface area contributed by atoms with Gasteiger partial charge in [-0.15, -0.1) is 0 Å². The third-order valence-corrected chi connectivity index (χ3v) is 5.39. The average molecular weight is 439 g/mol. The molecule has 6 heteroatoms. The minimum atomic E-state index is -0.255. The zero-order chi connectivity index (χ0) is 19.5. The summed E-state index contributed by atoms with van der Waals surface area (Å²) in [5.41, 5.74) is 1.38. The molecule has 0 unspecified atom stereocenters. The Balaban J connectivity index is 1.33. The van der Waals surface area contributed by atoms with Crippen LogP contribution < -0.4 is 15.4 Å². The Labute approximate surface area is 171 Å². The van der Waals surface area contributed by atoms with Crippen molar-refractivity contribution in [2.45, 2.75) is 12.8 Å². The molecule has 0 aliphatic heterocycles. The van der Waals surface area contributed by atoms with Crippen LogP contribution in [0.5, 0.6) is 5.75 Å². The summed E-state index contributed by atoms with van der Waals surface area (Å²) in [6, 6.07) is 18.8. The Kier molecular flexibility index (Phi) is 5.30. The van der Waals surface area contributed by atoms with Crippen molar-refractivity contribution in [3.63, 3.8) is 0 Å². The number of halogens is 1. The van der Waals surface area contributed by atoms with Crippen LogP contribution in [0.1, 0.15) is 12.8 Å². The number of hydrogen-bond donors (Lipinski definition) is 2. The zero-order valence-corrected chi connectivity index (χ0v) is 16.7. The Hall–Kier alpha value is -2.86. The van der Waals surface area contributed by atoms with Gasteiger partial charge in [0.05, 0.1) is 4.47 Å². The quantitative estimate of drug-likeness (QED) is 0.570. The lowest BCUT2D eigenvalue weighted by molar-refractivity contribution is -0.118. The number of hydrogen-bond acceptors (Lipinski definition) is 3. The third kappa shape index (κ3) is 4.34. The Bertz CT molecular complexity index is 1030. The van der Waals surface area contributed by atoms with Gasteiger partial charge in [0.15, 0.2) is 6.61 Å². The summed E-state index contributed by atoms with van der Waals surface area (Å²) >= 11 is 3.55. The second-order valence-corrected chi connectivity index (χ2v) is 7.57. The summed E-state index contributed by atoms with van der Waals surface area (Å²) in [7, 11) is 0. The second kappa shape index (κ2) is 8.02.